The van der Waals surface area contributed by atoms with Crippen LogP contribution < -0.4 is 5.32 Å². The molecule has 1 aliphatic heterocycles. The minimum Gasteiger partial charge on any atom is -0.357 e. The summed E-state index contributed by atoms with van der Waals surface area (Å²) in [5, 5.41) is 4.59. The van der Waals surface area contributed by atoms with Crippen LogP contribution in [0.2, 0.25) is 0 Å². The number of thiazole rings is 1. The van der Waals surface area contributed by atoms with Crippen molar-refractivity contribution < 1.29 is 0 Å². The summed E-state index contributed by atoms with van der Waals surface area (Å²) < 4.78 is 0. The number of rotatable bonds is 3. The summed E-state index contributed by atoms with van der Waals surface area (Å²) in [6.45, 7) is 8.22. The van der Waals surface area contributed by atoms with Crippen LogP contribution in [-0.4, -0.2) is 35.5 Å². The molecule has 0 bridgehead atoms. The first-order chi connectivity index (χ1) is 10.7. The molecule has 130 valence electrons. The van der Waals surface area contributed by atoms with Crippen molar-refractivity contribution in [2.24, 2.45) is 10.4 Å². The van der Waals surface area contributed by atoms with Gasteiger partial charge in [-0.25, -0.2) is 9.98 Å². The molecule has 1 aromatic rings. The fraction of sp³-hybridized carbons (Fsp3) is 0.765. The molecule has 4 nitrogen and oxygen atoms in total. The molecule has 0 amide bonds. The van der Waals surface area contributed by atoms with Crippen molar-refractivity contribution >= 4 is 41.3 Å². The third-order valence-electron chi connectivity index (χ3n) is 5.02. The molecule has 1 N–H and O–H groups in total. The molecular weight excluding hydrogens is 419 g/mol. The number of likely N-dealkylation sites (tertiary alicyclic amines) is 1. The third-order valence-corrected chi connectivity index (χ3v) is 5.92. The van der Waals surface area contributed by atoms with E-state index in [-0.39, 0.29) is 24.0 Å². The second-order valence-electron chi connectivity index (χ2n) is 6.77. The lowest BCUT2D eigenvalue weighted by atomic mass is 9.73. The zero-order chi connectivity index (χ0) is 15.4. The largest absolute Gasteiger partial charge is 0.357 e. The first-order valence-electron chi connectivity index (χ1n) is 8.65. The van der Waals surface area contributed by atoms with E-state index >= 15 is 0 Å². The summed E-state index contributed by atoms with van der Waals surface area (Å²) in [4.78, 5) is 13.0. The molecule has 2 aliphatic rings. The predicted octanol–water partition coefficient (Wildman–Crippen LogP) is 4.19. The number of hydrogen-bond donors (Lipinski definition) is 1. The van der Waals surface area contributed by atoms with Gasteiger partial charge in [0.2, 0.25) is 0 Å². The standard InChI is InChI=1S/C17H28N4S.HI/c1-3-18-16(20-12-15-19-11-14(2)22-15)21-10-9-17(13-21)7-5-4-6-8-17;/h11H,3-10,12-13H2,1-2H3,(H,18,20);1H. The highest BCUT2D eigenvalue weighted by molar-refractivity contribution is 14.0. The van der Waals surface area contributed by atoms with E-state index in [9.17, 15) is 0 Å². The van der Waals surface area contributed by atoms with E-state index in [1.165, 1.54) is 49.9 Å². The van der Waals surface area contributed by atoms with Gasteiger partial charge in [-0.1, -0.05) is 19.3 Å². The molecule has 1 aliphatic carbocycles. The third kappa shape index (κ3) is 4.81. The van der Waals surface area contributed by atoms with Crippen LogP contribution in [0, 0.1) is 12.3 Å². The molecular formula is C17H29IN4S. The van der Waals surface area contributed by atoms with Crippen LogP contribution in [0.4, 0.5) is 0 Å². The van der Waals surface area contributed by atoms with Crippen LogP contribution in [0.15, 0.2) is 11.2 Å². The van der Waals surface area contributed by atoms with E-state index in [1.54, 1.807) is 11.3 Å². The van der Waals surface area contributed by atoms with Crippen molar-refractivity contribution in [1.29, 1.82) is 0 Å². The highest BCUT2D eigenvalue weighted by atomic mass is 127. The molecule has 1 saturated carbocycles. The Morgan fingerprint density at radius 1 is 1.35 bits per heavy atom. The summed E-state index contributed by atoms with van der Waals surface area (Å²) in [5.74, 6) is 1.08. The Balaban J connectivity index is 0.00000192. The molecule has 0 aromatic carbocycles. The molecule has 0 unspecified atom stereocenters. The maximum Gasteiger partial charge on any atom is 0.194 e. The topological polar surface area (TPSA) is 40.5 Å². The average molecular weight is 448 g/mol. The number of hydrogen-bond acceptors (Lipinski definition) is 3. The summed E-state index contributed by atoms with van der Waals surface area (Å²) >= 11 is 1.75. The fourth-order valence-corrected chi connectivity index (χ4v) is 4.58. The van der Waals surface area contributed by atoms with Gasteiger partial charge >= 0.3 is 0 Å². The maximum atomic E-state index is 4.84. The summed E-state index contributed by atoms with van der Waals surface area (Å²) in [6.07, 6.45) is 10.4. The molecule has 0 atom stereocenters. The van der Waals surface area contributed by atoms with Crippen molar-refractivity contribution in [3.05, 3.63) is 16.1 Å². The van der Waals surface area contributed by atoms with E-state index in [1.807, 2.05) is 6.20 Å². The van der Waals surface area contributed by atoms with E-state index in [2.05, 4.69) is 29.0 Å². The van der Waals surface area contributed by atoms with E-state index in [0.29, 0.717) is 12.0 Å². The number of aryl methyl sites for hydroxylation is 1. The van der Waals surface area contributed by atoms with E-state index in [0.717, 1.165) is 24.1 Å². The van der Waals surface area contributed by atoms with Gasteiger partial charge in [0.25, 0.3) is 0 Å². The Kier molecular flexibility index (Phi) is 7.13. The van der Waals surface area contributed by atoms with Gasteiger partial charge in [-0.2, -0.15) is 0 Å². The minimum absolute atomic E-state index is 0. The SMILES string of the molecule is CCNC(=NCc1ncc(C)s1)N1CCC2(CCCCC2)C1.I. The molecule has 23 heavy (non-hydrogen) atoms. The Bertz CT molecular complexity index is 522. The van der Waals surface area contributed by atoms with Gasteiger partial charge in [-0.05, 0) is 38.5 Å². The van der Waals surface area contributed by atoms with E-state index < -0.39 is 0 Å². The van der Waals surface area contributed by atoms with Gasteiger partial charge in [0.1, 0.15) is 5.01 Å². The predicted molar refractivity (Wildman–Crippen MR) is 109 cm³/mol. The van der Waals surface area contributed by atoms with Crippen LogP contribution in [0.25, 0.3) is 0 Å². The van der Waals surface area contributed by atoms with Gasteiger partial charge in [-0.15, -0.1) is 35.3 Å². The van der Waals surface area contributed by atoms with Crippen LogP contribution in [0.5, 0.6) is 0 Å². The van der Waals surface area contributed by atoms with Crippen molar-refractivity contribution in [1.82, 2.24) is 15.2 Å². The number of halogens is 1. The monoisotopic (exact) mass is 448 g/mol. The molecule has 3 rings (SSSR count). The lowest BCUT2D eigenvalue weighted by Crippen LogP contribution is -2.41. The highest BCUT2D eigenvalue weighted by Gasteiger charge is 2.39. The Hall–Kier alpha value is -0.370. The van der Waals surface area contributed by atoms with Crippen molar-refractivity contribution in [3.8, 4) is 0 Å². The number of aromatic nitrogens is 1. The second kappa shape index (κ2) is 8.65. The zero-order valence-corrected chi connectivity index (χ0v) is 17.5. The molecule has 2 heterocycles. The second-order valence-corrected chi connectivity index (χ2v) is 8.09. The maximum absolute atomic E-state index is 4.84. The first kappa shape index (κ1) is 19.0. The average Bonchev–Trinajstić information content (AvgIpc) is 3.11. The first-order valence-corrected chi connectivity index (χ1v) is 9.47. The van der Waals surface area contributed by atoms with Crippen LogP contribution >= 0.6 is 35.3 Å². The summed E-state index contributed by atoms with van der Waals surface area (Å²) in [7, 11) is 0. The van der Waals surface area contributed by atoms with Crippen LogP contribution in [0.3, 0.4) is 0 Å². The van der Waals surface area contributed by atoms with Crippen molar-refractivity contribution in [3.63, 3.8) is 0 Å². The molecule has 6 heteroatoms. The summed E-state index contributed by atoms with van der Waals surface area (Å²) in [5.41, 5.74) is 0.576. The molecule has 2 fully saturated rings. The van der Waals surface area contributed by atoms with E-state index in [4.69, 9.17) is 4.99 Å². The van der Waals surface area contributed by atoms with Gasteiger partial charge in [0.15, 0.2) is 5.96 Å². The quantitative estimate of drug-likeness (QED) is 0.428. The number of nitrogens with zero attached hydrogens (tertiary/aromatic N) is 3. The Labute approximate surface area is 161 Å². The summed E-state index contributed by atoms with van der Waals surface area (Å²) in [6, 6.07) is 0. The normalized spacial score (nSPS) is 20.6. The van der Waals surface area contributed by atoms with Crippen molar-refractivity contribution in [2.75, 3.05) is 19.6 Å². The highest BCUT2D eigenvalue weighted by Crippen LogP contribution is 2.43. The van der Waals surface area contributed by atoms with Gasteiger partial charge in [-0.3, -0.25) is 0 Å². The van der Waals surface area contributed by atoms with Crippen LogP contribution in [-0.2, 0) is 6.54 Å². The van der Waals surface area contributed by atoms with Crippen molar-refractivity contribution in [2.45, 2.75) is 58.9 Å². The molecule has 1 spiro atoms. The lowest BCUT2D eigenvalue weighted by molar-refractivity contribution is 0.203. The minimum atomic E-state index is 0. The van der Waals surface area contributed by atoms with Gasteiger partial charge < -0.3 is 10.2 Å². The Morgan fingerprint density at radius 3 is 2.78 bits per heavy atom. The van der Waals surface area contributed by atoms with Gasteiger partial charge in [0, 0.05) is 30.7 Å². The number of aliphatic imine (C=N–C) groups is 1. The molecule has 1 aromatic heterocycles. The number of guanidine groups is 1. The number of nitrogens with one attached hydrogen (secondary N) is 1. The zero-order valence-electron chi connectivity index (χ0n) is 14.3. The smallest absolute Gasteiger partial charge is 0.194 e. The van der Waals surface area contributed by atoms with Gasteiger partial charge in [0.05, 0.1) is 6.54 Å². The molecule has 1 saturated heterocycles. The van der Waals surface area contributed by atoms with Crippen LogP contribution in [0.1, 0.15) is 55.3 Å². The Morgan fingerprint density at radius 2 is 2.13 bits per heavy atom. The molecule has 0 radical (unpaired) electrons. The lowest BCUT2D eigenvalue weighted by Gasteiger charge is -2.33. The fourth-order valence-electron chi connectivity index (χ4n) is 3.87.